The van der Waals surface area contributed by atoms with Crippen molar-refractivity contribution in [3.05, 3.63) is 131 Å². The van der Waals surface area contributed by atoms with Crippen molar-refractivity contribution < 1.29 is 14.2 Å². The number of hydrogen-bond donors (Lipinski definition) is 1. The number of hydrogen-bond acceptors (Lipinski definition) is 5. The molecule has 2 aromatic rings. The third-order valence-corrected chi connectivity index (χ3v) is 6.96. The van der Waals surface area contributed by atoms with Gasteiger partial charge in [0.15, 0.2) is 0 Å². The quantitative estimate of drug-likeness (QED) is 0.159. The first-order valence-corrected chi connectivity index (χ1v) is 13.4. The Morgan fingerprint density at radius 1 is 0.921 bits per heavy atom. The Hall–Kier alpha value is -3.41. The summed E-state index contributed by atoms with van der Waals surface area (Å²) in [7, 11) is 4.99. The van der Waals surface area contributed by atoms with E-state index in [9.17, 15) is 0 Å². The molecule has 0 heterocycles. The number of rotatable bonds is 14. The lowest BCUT2D eigenvalue weighted by Crippen LogP contribution is -2.29. The smallest absolute Gasteiger partial charge is 0.118 e. The summed E-state index contributed by atoms with van der Waals surface area (Å²) < 4.78 is 16.5. The Morgan fingerprint density at radius 2 is 1.55 bits per heavy atom. The van der Waals surface area contributed by atoms with Gasteiger partial charge in [0, 0.05) is 30.8 Å². The molecule has 3 rings (SSSR count). The van der Waals surface area contributed by atoms with E-state index in [2.05, 4.69) is 85.3 Å². The zero-order valence-corrected chi connectivity index (χ0v) is 23.6. The summed E-state index contributed by atoms with van der Waals surface area (Å²) in [6, 6.07) is 18.4. The standard InChI is InChI=1S/C33H39NO3S/c1-25(35-3)31(19-27-11-13-30(24-38)14-12-27)22-34(21-29-9-7-6-8-10-29)23-32(26(2)36-4)20-28-15-17-33(37-5)18-16-28/h6-13,15-20,30,38H,1-2,14,21-24H2,3-5H3/b31-19-,32-20-. The maximum atomic E-state index is 5.62. The van der Waals surface area contributed by atoms with Crippen LogP contribution in [0.3, 0.4) is 0 Å². The van der Waals surface area contributed by atoms with E-state index in [4.69, 9.17) is 14.2 Å². The lowest BCUT2D eigenvalue weighted by atomic mass is 9.96. The molecule has 0 radical (unpaired) electrons. The Balaban J connectivity index is 1.94. The molecule has 0 amide bonds. The number of allylic oxidation sites excluding steroid dienone is 5. The van der Waals surface area contributed by atoms with Gasteiger partial charge in [0.2, 0.25) is 0 Å². The molecule has 1 aliphatic carbocycles. The van der Waals surface area contributed by atoms with Gasteiger partial charge in [-0.1, -0.05) is 73.9 Å². The van der Waals surface area contributed by atoms with Crippen molar-refractivity contribution in [1.29, 1.82) is 0 Å². The minimum Gasteiger partial charge on any atom is -0.497 e. The van der Waals surface area contributed by atoms with Gasteiger partial charge in [-0.25, -0.2) is 0 Å². The van der Waals surface area contributed by atoms with Gasteiger partial charge in [0.05, 0.1) is 21.3 Å². The van der Waals surface area contributed by atoms with Crippen molar-refractivity contribution in [3.8, 4) is 5.75 Å². The largest absolute Gasteiger partial charge is 0.497 e. The van der Waals surface area contributed by atoms with Crippen molar-refractivity contribution >= 4 is 18.7 Å². The molecule has 5 heteroatoms. The van der Waals surface area contributed by atoms with E-state index in [-0.39, 0.29) is 0 Å². The van der Waals surface area contributed by atoms with Crippen LogP contribution in [0.15, 0.2) is 120 Å². The van der Waals surface area contributed by atoms with Crippen LogP contribution in [0.1, 0.15) is 17.5 Å². The summed E-state index contributed by atoms with van der Waals surface area (Å²) in [6.45, 7) is 10.4. The minimum atomic E-state index is 0.477. The van der Waals surface area contributed by atoms with Crippen LogP contribution < -0.4 is 4.74 Å². The topological polar surface area (TPSA) is 30.9 Å². The van der Waals surface area contributed by atoms with Gasteiger partial charge in [-0.2, -0.15) is 12.6 Å². The molecule has 0 spiro atoms. The molecule has 0 N–H and O–H groups in total. The summed E-state index contributed by atoms with van der Waals surface area (Å²) in [6.07, 6.45) is 11.9. The highest BCUT2D eigenvalue weighted by Crippen LogP contribution is 2.24. The molecule has 1 aliphatic rings. The number of thiol groups is 1. The van der Waals surface area contributed by atoms with Gasteiger partial charge in [0.1, 0.15) is 17.3 Å². The first-order chi connectivity index (χ1) is 18.4. The lowest BCUT2D eigenvalue weighted by molar-refractivity contribution is 0.261. The maximum Gasteiger partial charge on any atom is 0.118 e. The summed E-state index contributed by atoms with van der Waals surface area (Å²) in [5.41, 5.74) is 5.44. The molecule has 1 unspecified atom stereocenters. The summed E-state index contributed by atoms with van der Waals surface area (Å²) >= 11 is 4.44. The van der Waals surface area contributed by atoms with Crippen LogP contribution >= 0.6 is 12.6 Å². The van der Waals surface area contributed by atoms with E-state index in [0.717, 1.165) is 46.8 Å². The Bertz CT molecular complexity index is 1190. The minimum absolute atomic E-state index is 0.477. The SMILES string of the molecule is C=C(OC)/C(=C\C1=CCC(CS)C=C1)CN(C/C(=C/c1ccc(OC)cc1)C(=C)OC)Cc1ccccc1. The fraction of sp³-hybridized carbons (Fsp3) is 0.273. The van der Waals surface area contributed by atoms with Crippen molar-refractivity contribution in [2.75, 3.05) is 40.2 Å². The molecule has 0 saturated carbocycles. The van der Waals surface area contributed by atoms with Crippen LogP contribution in [0.5, 0.6) is 5.75 Å². The molecule has 0 aromatic heterocycles. The zero-order valence-electron chi connectivity index (χ0n) is 22.7. The second kappa shape index (κ2) is 15.1. The maximum absolute atomic E-state index is 5.62. The van der Waals surface area contributed by atoms with Crippen molar-refractivity contribution in [1.82, 2.24) is 4.90 Å². The van der Waals surface area contributed by atoms with Gasteiger partial charge >= 0.3 is 0 Å². The molecular formula is C33H39NO3S. The predicted molar refractivity (Wildman–Crippen MR) is 162 cm³/mol. The van der Waals surface area contributed by atoms with E-state index in [1.807, 2.05) is 30.3 Å². The van der Waals surface area contributed by atoms with E-state index < -0.39 is 0 Å². The molecule has 4 nitrogen and oxygen atoms in total. The molecule has 1 atom stereocenters. The van der Waals surface area contributed by atoms with Crippen molar-refractivity contribution in [3.63, 3.8) is 0 Å². The van der Waals surface area contributed by atoms with E-state index in [1.54, 1.807) is 21.3 Å². The molecule has 0 aliphatic heterocycles. The summed E-state index contributed by atoms with van der Waals surface area (Å²) in [4.78, 5) is 2.36. The van der Waals surface area contributed by atoms with Crippen LogP contribution in [0.2, 0.25) is 0 Å². The highest BCUT2D eigenvalue weighted by atomic mass is 32.1. The van der Waals surface area contributed by atoms with Crippen molar-refractivity contribution in [2.24, 2.45) is 5.92 Å². The van der Waals surface area contributed by atoms with Gasteiger partial charge in [-0.05, 0) is 59.1 Å². The van der Waals surface area contributed by atoms with Crippen LogP contribution in [-0.2, 0) is 16.0 Å². The molecule has 0 bridgehead atoms. The normalized spacial score (nSPS) is 15.7. The average molecular weight is 530 g/mol. The number of methoxy groups -OCH3 is 3. The fourth-order valence-electron chi connectivity index (χ4n) is 4.21. The van der Waals surface area contributed by atoms with Crippen molar-refractivity contribution in [2.45, 2.75) is 13.0 Å². The van der Waals surface area contributed by atoms with E-state index in [1.165, 1.54) is 5.56 Å². The van der Waals surface area contributed by atoms with E-state index in [0.29, 0.717) is 30.5 Å². The number of nitrogens with zero attached hydrogens (tertiary/aromatic N) is 1. The zero-order chi connectivity index (χ0) is 27.3. The average Bonchev–Trinajstić information content (AvgIpc) is 2.96. The fourth-order valence-corrected chi connectivity index (χ4v) is 4.48. The van der Waals surface area contributed by atoms with Crippen LogP contribution in [0.25, 0.3) is 6.08 Å². The molecule has 200 valence electrons. The second-order valence-corrected chi connectivity index (χ2v) is 9.60. The first-order valence-electron chi connectivity index (χ1n) is 12.7. The predicted octanol–water partition coefficient (Wildman–Crippen LogP) is 7.26. The highest BCUT2D eigenvalue weighted by molar-refractivity contribution is 7.80. The van der Waals surface area contributed by atoms with Crippen LogP contribution in [0, 0.1) is 5.92 Å². The lowest BCUT2D eigenvalue weighted by Gasteiger charge is -2.26. The third kappa shape index (κ3) is 8.86. The molecule has 38 heavy (non-hydrogen) atoms. The van der Waals surface area contributed by atoms with Gasteiger partial charge in [-0.15, -0.1) is 0 Å². The summed E-state index contributed by atoms with van der Waals surface area (Å²) in [5.74, 6) is 3.43. The Labute approximate surface area is 233 Å². The Morgan fingerprint density at radius 3 is 2.08 bits per heavy atom. The van der Waals surface area contributed by atoms with Gasteiger partial charge < -0.3 is 14.2 Å². The number of ether oxygens (including phenoxy) is 3. The van der Waals surface area contributed by atoms with Gasteiger partial charge in [0.25, 0.3) is 0 Å². The third-order valence-electron chi connectivity index (χ3n) is 6.50. The highest BCUT2D eigenvalue weighted by Gasteiger charge is 2.17. The Kier molecular flexibility index (Phi) is 11.6. The second-order valence-electron chi connectivity index (χ2n) is 9.24. The van der Waals surface area contributed by atoms with Gasteiger partial charge in [-0.3, -0.25) is 4.90 Å². The van der Waals surface area contributed by atoms with E-state index >= 15 is 0 Å². The first kappa shape index (κ1) is 29.2. The summed E-state index contributed by atoms with van der Waals surface area (Å²) in [5, 5.41) is 0. The van der Waals surface area contributed by atoms with Crippen LogP contribution in [0.4, 0.5) is 0 Å². The molecule has 2 aromatic carbocycles. The molecule has 0 saturated heterocycles. The van der Waals surface area contributed by atoms with Crippen LogP contribution in [-0.4, -0.2) is 45.1 Å². The number of benzene rings is 2. The molecular weight excluding hydrogens is 490 g/mol. The monoisotopic (exact) mass is 529 g/mol. The molecule has 0 fully saturated rings.